The molecule has 1 aromatic carbocycles. The summed E-state index contributed by atoms with van der Waals surface area (Å²) in [6.07, 6.45) is 0.956. The summed E-state index contributed by atoms with van der Waals surface area (Å²) in [5.41, 5.74) is 0.801. The summed E-state index contributed by atoms with van der Waals surface area (Å²) in [5.74, 6) is 0.416. The number of hydrogen-bond donors (Lipinski definition) is 1. The van der Waals surface area contributed by atoms with E-state index in [-0.39, 0.29) is 23.6 Å². The van der Waals surface area contributed by atoms with E-state index in [9.17, 15) is 9.18 Å². The SMILES string of the molecule is CCNC[C@H](C)Oc1cc(F)cc(CCC(=O)C(C)C)c1. The van der Waals surface area contributed by atoms with E-state index in [1.165, 1.54) is 12.1 Å². The number of aryl methyl sites for hydroxylation is 1. The standard InChI is InChI=1S/C17H26FNO2/c1-5-19-11-13(4)21-16-9-14(8-15(18)10-16)6-7-17(20)12(2)3/h8-10,12-13,19H,5-7,11H2,1-4H3/t13-/m0/s1. The lowest BCUT2D eigenvalue weighted by atomic mass is 10.0. The number of hydrogen-bond acceptors (Lipinski definition) is 3. The third-order valence-corrected chi connectivity index (χ3v) is 3.25. The minimum absolute atomic E-state index is 0.0226. The molecule has 0 amide bonds. The van der Waals surface area contributed by atoms with Crippen molar-refractivity contribution < 1.29 is 13.9 Å². The molecule has 0 radical (unpaired) electrons. The van der Waals surface area contributed by atoms with E-state index in [1.807, 2.05) is 33.8 Å². The lowest BCUT2D eigenvalue weighted by Gasteiger charge is -2.16. The number of carbonyl (C=O) groups is 1. The van der Waals surface area contributed by atoms with Crippen LogP contribution in [-0.2, 0) is 11.2 Å². The van der Waals surface area contributed by atoms with E-state index in [0.29, 0.717) is 25.1 Å². The first-order valence-corrected chi connectivity index (χ1v) is 7.62. The molecule has 0 saturated carbocycles. The number of carbonyl (C=O) groups excluding carboxylic acids is 1. The summed E-state index contributed by atoms with van der Waals surface area (Å²) in [7, 11) is 0. The summed E-state index contributed by atoms with van der Waals surface area (Å²) in [6, 6.07) is 4.67. The molecule has 1 rings (SSSR count). The molecule has 0 aliphatic rings. The van der Waals surface area contributed by atoms with E-state index in [4.69, 9.17) is 4.74 Å². The second-order valence-corrected chi connectivity index (χ2v) is 5.65. The molecule has 21 heavy (non-hydrogen) atoms. The van der Waals surface area contributed by atoms with Gasteiger partial charge in [0.1, 0.15) is 23.5 Å². The highest BCUT2D eigenvalue weighted by atomic mass is 19.1. The summed E-state index contributed by atoms with van der Waals surface area (Å²) in [6.45, 7) is 9.32. The highest BCUT2D eigenvalue weighted by Crippen LogP contribution is 2.19. The van der Waals surface area contributed by atoms with Crippen molar-refractivity contribution in [3.8, 4) is 5.75 Å². The Morgan fingerprint density at radius 2 is 2.00 bits per heavy atom. The van der Waals surface area contributed by atoms with Crippen LogP contribution >= 0.6 is 0 Å². The van der Waals surface area contributed by atoms with Crippen molar-refractivity contribution in [1.82, 2.24) is 5.32 Å². The zero-order valence-corrected chi connectivity index (χ0v) is 13.4. The molecule has 0 unspecified atom stereocenters. The lowest BCUT2D eigenvalue weighted by Crippen LogP contribution is -2.28. The maximum Gasteiger partial charge on any atom is 0.135 e. The number of ether oxygens (including phenoxy) is 1. The molecular formula is C17H26FNO2. The Hall–Kier alpha value is -1.42. The summed E-state index contributed by atoms with van der Waals surface area (Å²) >= 11 is 0. The van der Waals surface area contributed by atoms with Gasteiger partial charge in [-0.05, 0) is 37.6 Å². The number of benzene rings is 1. The van der Waals surface area contributed by atoms with Crippen LogP contribution in [-0.4, -0.2) is 25.0 Å². The highest BCUT2D eigenvalue weighted by molar-refractivity contribution is 5.80. The first-order chi connectivity index (χ1) is 9.92. The third kappa shape index (κ3) is 6.71. The van der Waals surface area contributed by atoms with Crippen molar-refractivity contribution >= 4 is 5.78 Å². The quantitative estimate of drug-likeness (QED) is 0.759. The van der Waals surface area contributed by atoms with Crippen molar-refractivity contribution in [1.29, 1.82) is 0 Å². The molecule has 3 nitrogen and oxygen atoms in total. The number of rotatable bonds is 9. The second-order valence-electron chi connectivity index (χ2n) is 5.65. The van der Waals surface area contributed by atoms with Crippen LogP contribution in [0, 0.1) is 11.7 Å². The number of likely N-dealkylation sites (N-methyl/N-ethyl adjacent to an activating group) is 1. The Morgan fingerprint density at radius 1 is 1.29 bits per heavy atom. The first kappa shape index (κ1) is 17.6. The van der Waals surface area contributed by atoms with Crippen LogP contribution in [0.5, 0.6) is 5.75 Å². The van der Waals surface area contributed by atoms with Gasteiger partial charge in [-0.25, -0.2) is 4.39 Å². The fourth-order valence-corrected chi connectivity index (χ4v) is 2.01. The van der Waals surface area contributed by atoms with Gasteiger partial charge < -0.3 is 10.1 Å². The molecular weight excluding hydrogens is 269 g/mol. The summed E-state index contributed by atoms with van der Waals surface area (Å²) in [4.78, 5) is 11.6. The minimum Gasteiger partial charge on any atom is -0.489 e. The Labute approximate surface area is 126 Å². The predicted octanol–water partition coefficient (Wildman–Crippen LogP) is 3.36. The molecule has 0 aromatic heterocycles. The lowest BCUT2D eigenvalue weighted by molar-refractivity contribution is -0.121. The van der Waals surface area contributed by atoms with Gasteiger partial charge in [0.2, 0.25) is 0 Å². The normalized spacial score (nSPS) is 12.5. The minimum atomic E-state index is -0.324. The van der Waals surface area contributed by atoms with Gasteiger partial charge in [0, 0.05) is 24.9 Å². The third-order valence-electron chi connectivity index (χ3n) is 3.25. The van der Waals surface area contributed by atoms with Crippen molar-refractivity contribution in [3.63, 3.8) is 0 Å². The smallest absolute Gasteiger partial charge is 0.135 e. The Kier molecular flexibility index (Phi) is 7.37. The van der Waals surface area contributed by atoms with Crippen molar-refractivity contribution in [3.05, 3.63) is 29.6 Å². The van der Waals surface area contributed by atoms with Crippen LogP contribution in [0.15, 0.2) is 18.2 Å². The van der Waals surface area contributed by atoms with Crippen LogP contribution in [0.2, 0.25) is 0 Å². The van der Waals surface area contributed by atoms with E-state index >= 15 is 0 Å². The van der Waals surface area contributed by atoms with Gasteiger partial charge in [-0.1, -0.05) is 20.8 Å². The zero-order chi connectivity index (χ0) is 15.8. The molecule has 0 aliphatic carbocycles. The topological polar surface area (TPSA) is 38.3 Å². The van der Waals surface area contributed by atoms with Crippen LogP contribution in [0.3, 0.4) is 0 Å². The monoisotopic (exact) mass is 295 g/mol. The predicted molar refractivity (Wildman–Crippen MR) is 83.2 cm³/mol. The molecule has 0 spiro atoms. The molecule has 0 bridgehead atoms. The Bertz CT molecular complexity index is 460. The molecule has 0 fully saturated rings. The molecule has 0 aliphatic heterocycles. The van der Waals surface area contributed by atoms with Gasteiger partial charge in [0.05, 0.1) is 0 Å². The molecule has 1 atom stereocenters. The number of ketones is 1. The molecule has 1 N–H and O–H groups in total. The summed E-state index contributed by atoms with van der Waals surface area (Å²) < 4.78 is 19.3. The van der Waals surface area contributed by atoms with Crippen molar-refractivity contribution in [2.45, 2.75) is 46.6 Å². The fraction of sp³-hybridized carbons (Fsp3) is 0.588. The highest BCUT2D eigenvalue weighted by Gasteiger charge is 2.10. The molecule has 4 heteroatoms. The molecule has 118 valence electrons. The average molecular weight is 295 g/mol. The van der Waals surface area contributed by atoms with E-state index in [2.05, 4.69) is 5.32 Å². The van der Waals surface area contributed by atoms with Crippen molar-refractivity contribution in [2.24, 2.45) is 5.92 Å². The second kappa shape index (κ2) is 8.78. The van der Waals surface area contributed by atoms with Crippen LogP contribution in [0.4, 0.5) is 4.39 Å². The van der Waals surface area contributed by atoms with Gasteiger partial charge >= 0.3 is 0 Å². The van der Waals surface area contributed by atoms with Crippen LogP contribution in [0.1, 0.15) is 39.7 Å². The van der Waals surface area contributed by atoms with Gasteiger partial charge in [-0.3, -0.25) is 4.79 Å². The Balaban J connectivity index is 2.64. The maximum absolute atomic E-state index is 13.6. The maximum atomic E-state index is 13.6. The zero-order valence-electron chi connectivity index (χ0n) is 13.4. The van der Waals surface area contributed by atoms with Gasteiger partial charge in [-0.2, -0.15) is 0 Å². The molecule has 1 aromatic rings. The number of nitrogens with one attached hydrogen (secondary N) is 1. The molecule has 0 heterocycles. The van der Waals surface area contributed by atoms with Crippen LogP contribution < -0.4 is 10.1 Å². The fourth-order valence-electron chi connectivity index (χ4n) is 2.01. The Morgan fingerprint density at radius 3 is 2.62 bits per heavy atom. The average Bonchev–Trinajstić information content (AvgIpc) is 2.41. The van der Waals surface area contributed by atoms with Gasteiger partial charge in [-0.15, -0.1) is 0 Å². The number of Topliss-reactive ketones (excluding diaryl/α,β-unsaturated/α-hetero) is 1. The molecule has 0 saturated heterocycles. The van der Waals surface area contributed by atoms with E-state index in [1.54, 1.807) is 0 Å². The van der Waals surface area contributed by atoms with E-state index < -0.39 is 0 Å². The largest absolute Gasteiger partial charge is 0.489 e. The number of halogens is 1. The van der Waals surface area contributed by atoms with Crippen molar-refractivity contribution in [2.75, 3.05) is 13.1 Å². The van der Waals surface area contributed by atoms with Crippen LogP contribution in [0.25, 0.3) is 0 Å². The first-order valence-electron chi connectivity index (χ1n) is 7.62. The van der Waals surface area contributed by atoms with Gasteiger partial charge in [0.15, 0.2) is 0 Å². The summed E-state index contributed by atoms with van der Waals surface area (Å²) in [5, 5.41) is 3.19. The van der Waals surface area contributed by atoms with Gasteiger partial charge in [0.25, 0.3) is 0 Å². The van der Waals surface area contributed by atoms with E-state index in [0.717, 1.165) is 12.1 Å².